The average molecular weight is 636 g/mol. The SMILES string of the molecule is CCOc1ccc(N2CC=C[C@@H]3O[C@]45C=CCN(c6ccc7ccccc7c6)C(=O)C4N(CCCCCCO)C(=O)[C@@H]5[C@@H]3C2=O)cc1. The highest BCUT2D eigenvalue weighted by atomic mass is 16.5. The number of aliphatic hydroxyl groups excluding tert-OH is 1. The van der Waals surface area contributed by atoms with Gasteiger partial charge in [-0.3, -0.25) is 14.4 Å². The monoisotopic (exact) mass is 635 g/mol. The molecule has 7 rings (SSSR count). The van der Waals surface area contributed by atoms with Crippen LogP contribution in [0.25, 0.3) is 10.8 Å². The first kappa shape index (κ1) is 31.1. The Balaban J connectivity index is 1.25. The van der Waals surface area contributed by atoms with E-state index in [1.807, 2.05) is 98.0 Å². The maximum Gasteiger partial charge on any atom is 0.253 e. The predicted octanol–water partition coefficient (Wildman–Crippen LogP) is 4.88. The maximum absolute atomic E-state index is 14.8. The summed E-state index contributed by atoms with van der Waals surface area (Å²) in [7, 11) is 0. The van der Waals surface area contributed by atoms with Gasteiger partial charge in [0, 0.05) is 37.6 Å². The third-order valence-corrected chi connectivity index (χ3v) is 9.97. The first-order valence-electron chi connectivity index (χ1n) is 16.7. The minimum absolute atomic E-state index is 0.123. The van der Waals surface area contributed by atoms with Gasteiger partial charge in [0.05, 0.1) is 24.5 Å². The summed E-state index contributed by atoms with van der Waals surface area (Å²) < 4.78 is 12.4. The van der Waals surface area contributed by atoms with Gasteiger partial charge in [-0.15, -0.1) is 0 Å². The minimum atomic E-state index is -1.29. The number of unbranched alkanes of at least 4 members (excludes halogenated alkanes) is 3. The maximum atomic E-state index is 14.8. The zero-order valence-corrected chi connectivity index (χ0v) is 26.7. The number of aliphatic hydroxyl groups is 1. The third-order valence-electron chi connectivity index (χ3n) is 9.97. The Kier molecular flexibility index (Phi) is 8.59. The molecule has 2 saturated heterocycles. The van der Waals surface area contributed by atoms with Crippen LogP contribution in [-0.4, -0.2) is 78.3 Å². The zero-order chi connectivity index (χ0) is 32.5. The number of rotatable bonds is 10. The van der Waals surface area contributed by atoms with Crippen LogP contribution in [0, 0.1) is 11.8 Å². The largest absolute Gasteiger partial charge is 0.494 e. The number of anilines is 2. The van der Waals surface area contributed by atoms with E-state index in [-0.39, 0.29) is 24.3 Å². The molecule has 9 heteroatoms. The van der Waals surface area contributed by atoms with Crippen molar-refractivity contribution in [2.45, 2.75) is 50.4 Å². The Hall–Kier alpha value is -4.47. The normalized spacial score (nSPS) is 26.8. The molecule has 4 aliphatic rings. The second kappa shape index (κ2) is 13.0. The van der Waals surface area contributed by atoms with Gasteiger partial charge in [0.15, 0.2) is 0 Å². The molecular weight excluding hydrogens is 594 g/mol. The summed E-state index contributed by atoms with van der Waals surface area (Å²) in [6.45, 7) is 3.62. The lowest BCUT2D eigenvalue weighted by atomic mass is 9.77. The van der Waals surface area contributed by atoms with Gasteiger partial charge in [-0.25, -0.2) is 0 Å². The molecule has 0 aliphatic carbocycles. The van der Waals surface area contributed by atoms with Crippen LogP contribution in [0.1, 0.15) is 32.6 Å². The van der Waals surface area contributed by atoms with Crippen LogP contribution in [0.3, 0.4) is 0 Å². The molecule has 3 aromatic rings. The smallest absolute Gasteiger partial charge is 0.253 e. The van der Waals surface area contributed by atoms with Gasteiger partial charge >= 0.3 is 0 Å². The lowest BCUT2D eigenvalue weighted by molar-refractivity contribution is -0.140. The second-order valence-corrected chi connectivity index (χ2v) is 12.7. The van der Waals surface area contributed by atoms with E-state index in [4.69, 9.17) is 9.47 Å². The van der Waals surface area contributed by atoms with Crippen molar-refractivity contribution in [3.63, 3.8) is 0 Å². The zero-order valence-electron chi connectivity index (χ0n) is 26.7. The molecule has 3 aromatic carbocycles. The molecule has 0 bridgehead atoms. The Labute approximate surface area is 275 Å². The van der Waals surface area contributed by atoms with Crippen LogP contribution in [-0.2, 0) is 19.1 Å². The molecule has 1 unspecified atom stereocenters. The summed E-state index contributed by atoms with van der Waals surface area (Å²) in [6.07, 6.45) is 9.97. The van der Waals surface area contributed by atoms with Crippen molar-refractivity contribution in [3.05, 3.63) is 91.0 Å². The molecule has 4 heterocycles. The van der Waals surface area contributed by atoms with Crippen LogP contribution in [0.2, 0.25) is 0 Å². The average Bonchev–Trinajstić information content (AvgIpc) is 3.39. The van der Waals surface area contributed by atoms with Crippen molar-refractivity contribution in [3.8, 4) is 5.75 Å². The van der Waals surface area contributed by atoms with Gasteiger partial charge in [-0.1, -0.05) is 67.5 Å². The molecular formula is C38H41N3O6. The molecule has 1 spiro atoms. The number of fused-ring (bicyclic) bond motifs is 3. The molecule has 4 aliphatic heterocycles. The highest BCUT2D eigenvalue weighted by Crippen LogP contribution is 2.54. The number of carbonyl (C=O) groups excluding carboxylic acids is 3. The summed E-state index contributed by atoms with van der Waals surface area (Å²) in [5, 5.41) is 11.4. The molecule has 2 fully saturated rings. The van der Waals surface area contributed by atoms with Crippen molar-refractivity contribution < 1.29 is 29.0 Å². The van der Waals surface area contributed by atoms with Gasteiger partial charge in [0.1, 0.15) is 17.4 Å². The standard InChI is InChI=1S/C38H41N3O6/c1-2-46-30-18-16-28(17-19-30)39-22-9-13-31-32(35(39)43)33-36(44)41(21-7-3-4-8-24-42)34-37(45)40(23-10-20-38(33,34)47-31)29-15-14-26-11-5-6-12-27(26)25-29/h5-6,9-20,25,31-34,42H,2-4,7-8,21-24H2,1H3/t31-,32+,33-,34?,38-/m0/s1. The van der Waals surface area contributed by atoms with Crippen molar-refractivity contribution >= 4 is 39.9 Å². The van der Waals surface area contributed by atoms with E-state index >= 15 is 0 Å². The van der Waals surface area contributed by atoms with Gasteiger partial charge in [0.2, 0.25) is 11.8 Å². The van der Waals surface area contributed by atoms with E-state index in [9.17, 15) is 19.5 Å². The topological polar surface area (TPSA) is 99.6 Å². The molecule has 0 saturated carbocycles. The number of amides is 3. The van der Waals surface area contributed by atoms with Gasteiger partial charge < -0.3 is 29.3 Å². The number of nitrogens with zero attached hydrogens (tertiary/aromatic N) is 3. The van der Waals surface area contributed by atoms with Crippen LogP contribution in [0.4, 0.5) is 11.4 Å². The minimum Gasteiger partial charge on any atom is -0.494 e. The van der Waals surface area contributed by atoms with Crippen molar-refractivity contribution in [1.82, 2.24) is 4.90 Å². The highest BCUT2D eigenvalue weighted by molar-refractivity contribution is 6.08. The Morgan fingerprint density at radius 3 is 2.34 bits per heavy atom. The van der Waals surface area contributed by atoms with E-state index in [1.54, 1.807) is 14.7 Å². The molecule has 9 nitrogen and oxygen atoms in total. The molecule has 47 heavy (non-hydrogen) atoms. The first-order valence-corrected chi connectivity index (χ1v) is 16.7. The van der Waals surface area contributed by atoms with Crippen molar-refractivity contribution in [2.75, 3.05) is 42.6 Å². The molecule has 244 valence electrons. The van der Waals surface area contributed by atoms with E-state index in [2.05, 4.69) is 0 Å². The molecule has 0 aromatic heterocycles. The second-order valence-electron chi connectivity index (χ2n) is 12.7. The first-order chi connectivity index (χ1) is 23.0. The Morgan fingerprint density at radius 1 is 0.830 bits per heavy atom. The highest BCUT2D eigenvalue weighted by Gasteiger charge is 2.71. The molecule has 1 N–H and O–H groups in total. The lowest BCUT2D eigenvalue weighted by Gasteiger charge is -2.35. The van der Waals surface area contributed by atoms with Crippen molar-refractivity contribution in [2.24, 2.45) is 11.8 Å². The van der Waals surface area contributed by atoms with Crippen LogP contribution < -0.4 is 14.5 Å². The van der Waals surface area contributed by atoms with Gasteiger partial charge in [-0.05, 0) is 66.9 Å². The predicted molar refractivity (Wildman–Crippen MR) is 180 cm³/mol. The fourth-order valence-corrected chi connectivity index (χ4v) is 7.82. The number of benzene rings is 3. The number of carbonyl (C=O) groups is 3. The molecule has 3 amide bonds. The summed E-state index contributed by atoms with van der Waals surface area (Å²) in [5.74, 6) is -1.56. The van der Waals surface area contributed by atoms with Crippen LogP contribution >= 0.6 is 0 Å². The number of ether oxygens (including phenoxy) is 2. The quantitative estimate of drug-likeness (QED) is 0.252. The Bertz CT molecular complexity index is 1720. The fraction of sp³-hybridized carbons (Fsp3) is 0.395. The van der Waals surface area contributed by atoms with Gasteiger partial charge in [0.25, 0.3) is 5.91 Å². The number of hydrogen-bond donors (Lipinski definition) is 1. The Morgan fingerprint density at radius 2 is 1.55 bits per heavy atom. The summed E-state index contributed by atoms with van der Waals surface area (Å²) >= 11 is 0. The van der Waals surface area contributed by atoms with Gasteiger partial charge in [-0.2, -0.15) is 0 Å². The van der Waals surface area contributed by atoms with E-state index < -0.39 is 29.6 Å². The molecule has 0 radical (unpaired) electrons. The molecule has 5 atom stereocenters. The summed E-state index contributed by atoms with van der Waals surface area (Å²) in [6, 6.07) is 20.5. The van der Waals surface area contributed by atoms with E-state index in [0.29, 0.717) is 44.8 Å². The summed E-state index contributed by atoms with van der Waals surface area (Å²) in [5.41, 5.74) is 0.170. The lowest BCUT2D eigenvalue weighted by Crippen LogP contribution is -2.55. The van der Waals surface area contributed by atoms with Crippen LogP contribution in [0.5, 0.6) is 5.75 Å². The third kappa shape index (κ3) is 5.41. The van der Waals surface area contributed by atoms with Crippen LogP contribution in [0.15, 0.2) is 91.0 Å². The fourth-order valence-electron chi connectivity index (χ4n) is 7.82. The van der Waals surface area contributed by atoms with E-state index in [0.717, 1.165) is 35.1 Å². The number of hydrogen-bond acceptors (Lipinski definition) is 6. The van der Waals surface area contributed by atoms with E-state index in [1.165, 1.54) is 0 Å². The summed E-state index contributed by atoms with van der Waals surface area (Å²) in [4.78, 5) is 49.0. The van der Waals surface area contributed by atoms with Crippen molar-refractivity contribution in [1.29, 1.82) is 0 Å². The number of likely N-dealkylation sites (tertiary alicyclic amines) is 1.